The van der Waals surface area contributed by atoms with Crippen LogP contribution in [0.1, 0.15) is 46.5 Å². The molecule has 0 spiro atoms. The van der Waals surface area contributed by atoms with E-state index >= 15 is 0 Å². The molecule has 1 aliphatic heterocycles. The number of nitrogens with one attached hydrogen (secondary N) is 1. The lowest BCUT2D eigenvalue weighted by molar-refractivity contribution is -0.124. The Balaban J connectivity index is 1.84. The molecule has 2 fully saturated rings. The van der Waals surface area contributed by atoms with Crippen molar-refractivity contribution in [3.8, 4) is 0 Å². The Hall–Kier alpha value is -0.610. The van der Waals surface area contributed by atoms with E-state index in [1.165, 1.54) is 19.3 Å². The second-order valence-corrected chi connectivity index (χ2v) is 7.06. The third-order valence-electron chi connectivity index (χ3n) is 4.33. The summed E-state index contributed by atoms with van der Waals surface area (Å²) in [5.41, 5.74) is 5.45. The molecule has 0 aromatic rings. The van der Waals surface area contributed by atoms with Gasteiger partial charge in [-0.3, -0.25) is 4.79 Å². The predicted molar refractivity (Wildman–Crippen MR) is 73.2 cm³/mol. The van der Waals surface area contributed by atoms with Crippen LogP contribution in [0.3, 0.4) is 0 Å². The van der Waals surface area contributed by atoms with Crippen LogP contribution in [0, 0.1) is 5.41 Å². The van der Waals surface area contributed by atoms with Gasteiger partial charge in [0, 0.05) is 19.1 Å². The molecule has 1 amide bonds. The number of primary amides is 1. The van der Waals surface area contributed by atoms with Crippen molar-refractivity contribution in [2.75, 3.05) is 19.6 Å². The third-order valence-corrected chi connectivity index (χ3v) is 4.33. The Morgan fingerprint density at radius 1 is 1.50 bits per heavy atom. The van der Waals surface area contributed by atoms with Gasteiger partial charge in [0.25, 0.3) is 0 Å². The topological polar surface area (TPSA) is 58.4 Å². The molecule has 0 bridgehead atoms. The van der Waals surface area contributed by atoms with E-state index in [1.54, 1.807) is 0 Å². The molecule has 18 heavy (non-hydrogen) atoms. The van der Waals surface area contributed by atoms with E-state index in [-0.39, 0.29) is 5.91 Å². The van der Waals surface area contributed by atoms with Crippen LogP contribution < -0.4 is 11.1 Å². The highest BCUT2D eigenvalue weighted by Gasteiger charge is 2.38. The summed E-state index contributed by atoms with van der Waals surface area (Å²) in [6.45, 7) is 9.81. The number of nitrogens with two attached hydrogens (primary N) is 1. The fourth-order valence-electron chi connectivity index (χ4n) is 2.74. The van der Waals surface area contributed by atoms with Gasteiger partial charge in [0.15, 0.2) is 0 Å². The zero-order chi connectivity index (χ0) is 13.4. The molecule has 4 heteroatoms. The van der Waals surface area contributed by atoms with Crippen molar-refractivity contribution in [3.05, 3.63) is 0 Å². The molecule has 104 valence electrons. The number of amides is 1. The molecule has 1 unspecified atom stereocenters. The van der Waals surface area contributed by atoms with Crippen LogP contribution in [0.2, 0.25) is 0 Å². The number of rotatable bonds is 6. The van der Waals surface area contributed by atoms with Crippen LogP contribution in [0.25, 0.3) is 0 Å². The van der Waals surface area contributed by atoms with Crippen LogP contribution in [0.15, 0.2) is 0 Å². The smallest absolute Gasteiger partial charge is 0.237 e. The molecule has 1 saturated heterocycles. The molecule has 0 radical (unpaired) electrons. The van der Waals surface area contributed by atoms with Crippen LogP contribution in [0.4, 0.5) is 0 Å². The van der Waals surface area contributed by atoms with Crippen molar-refractivity contribution in [3.63, 3.8) is 0 Å². The van der Waals surface area contributed by atoms with Crippen molar-refractivity contribution in [2.45, 2.75) is 58.0 Å². The summed E-state index contributed by atoms with van der Waals surface area (Å²) in [4.78, 5) is 14.1. The first kappa shape index (κ1) is 13.8. The lowest BCUT2D eigenvalue weighted by Gasteiger charge is -2.30. The molecule has 1 heterocycles. The maximum absolute atomic E-state index is 11.7. The van der Waals surface area contributed by atoms with E-state index in [0.29, 0.717) is 11.5 Å². The van der Waals surface area contributed by atoms with Crippen LogP contribution in [0.5, 0.6) is 0 Å². The first-order valence-electron chi connectivity index (χ1n) is 7.11. The molecule has 0 aromatic carbocycles. The van der Waals surface area contributed by atoms with Gasteiger partial charge in [0.2, 0.25) is 5.91 Å². The van der Waals surface area contributed by atoms with Gasteiger partial charge in [0.1, 0.15) is 0 Å². The number of hydrogen-bond acceptors (Lipinski definition) is 3. The monoisotopic (exact) mass is 253 g/mol. The van der Waals surface area contributed by atoms with E-state index in [4.69, 9.17) is 5.73 Å². The lowest BCUT2D eigenvalue weighted by Crippen LogP contribution is -2.55. The number of carbonyl (C=O) groups is 1. The van der Waals surface area contributed by atoms with Gasteiger partial charge < -0.3 is 16.0 Å². The molecular weight excluding hydrogens is 226 g/mol. The molecule has 0 aromatic heterocycles. The molecule has 1 saturated carbocycles. The average Bonchev–Trinajstić information content (AvgIpc) is 2.99. The summed E-state index contributed by atoms with van der Waals surface area (Å²) in [7, 11) is 0. The van der Waals surface area contributed by atoms with Gasteiger partial charge in [-0.2, -0.15) is 0 Å². The molecule has 4 nitrogen and oxygen atoms in total. The summed E-state index contributed by atoms with van der Waals surface area (Å²) in [6, 6.07) is 0.512. The molecule has 2 rings (SSSR count). The minimum absolute atomic E-state index is 0.215. The van der Waals surface area contributed by atoms with Crippen molar-refractivity contribution in [1.82, 2.24) is 10.2 Å². The van der Waals surface area contributed by atoms with E-state index < -0.39 is 5.54 Å². The Bertz CT molecular complexity index is 325. The number of likely N-dealkylation sites (tertiary alicyclic amines) is 1. The third kappa shape index (κ3) is 3.45. The maximum atomic E-state index is 11.7. The Morgan fingerprint density at radius 2 is 2.17 bits per heavy atom. The summed E-state index contributed by atoms with van der Waals surface area (Å²) in [5.74, 6) is -0.215. The average molecular weight is 253 g/mol. The Morgan fingerprint density at radius 3 is 2.61 bits per heavy atom. The number of nitrogens with zero attached hydrogens (tertiary/aromatic N) is 1. The molecule has 1 atom stereocenters. The Labute approximate surface area is 110 Å². The molecule has 2 aliphatic rings. The second-order valence-electron chi connectivity index (χ2n) is 7.06. The predicted octanol–water partition coefficient (Wildman–Crippen LogP) is 1.10. The molecule has 3 N–H and O–H groups in total. The van der Waals surface area contributed by atoms with Gasteiger partial charge in [-0.05, 0) is 44.6 Å². The van der Waals surface area contributed by atoms with E-state index in [1.807, 2.05) is 6.92 Å². The van der Waals surface area contributed by atoms with Crippen molar-refractivity contribution in [2.24, 2.45) is 11.1 Å². The van der Waals surface area contributed by atoms with Gasteiger partial charge in [-0.15, -0.1) is 0 Å². The largest absolute Gasteiger partial charge is 0.368 e. The van der Waals surface area contributed by atoms with E-state index in [0.717, 1.165) is 26.1 Å². The van der Waals surface area contributed by atoms with Crippen LogP contribution >= 0.6 is 0 Å². The van der Waals surface area contributed by atoms with Crippen LogP contribution in [-0.4, -0.2) is 42.0 Å². The zero-order valence-corrected chi connectivity index (χ0v) is 12.0. The maximum Gasteiger partial charge on any atom is 0.237 e. The second kappa shape index (κ2) is 4.82. The van der Waals surface area contributed by atoms with Crippen molar-refractivity contribution < 1.29 is 4.79 Å². The molecule has 1 aliphatic carbocycles. The first-order valence-corrected chi connectivity index (χ1v) is 7.11. The lowest BCUT2D eigenvalue weighted by atomic mass is 9.93. The minimum atomic E-state index is -0.534. The SMILES string of the molecule is CC1(C)CCN(CCC(C)(NC2CC2)C(N)=O)C1. The summed E-state index contributed by atoms with van der Waals surface area (Å²) in [5, 5.41) is 3.41. The molecular formula is C14H27N3O. The summed E-state index contributed by atoms with van der Waals surface area (Å²) in [6.07, 6.45) is 4.42. The normalized spacial score (nSPS) is 27.1. The van der Waals surface area contributed by atoms with Crippen LogP contribution in [-0.2, 0) is 4.79 Å². The fourth-order valence-corrected chi connectivity index (χ4v) is 2.74. The fraction of sp³-hybridized carbons (Fsp3) is 0.929. The van der Waals surface area contributed by atoms with Gasteiger partial charge >= 0.3 is 0 Å². The standard InChI is InChI=1S/C14H27N3O/c1-13(2)6-8-17(10-13)9-7-14(3,12(15)18)16-11-4-5-11/h11,16H,4-10H2,1-3H3,(H2,15,18). The number of carbonyl (C=O) groups excluding carboxylic acids is 1. The summed E-state index contributed by atoms with van der Waals surface area (Å²) < 4.78 is 0. The highest BCUT2D eigenvalue weighted by atomic mass is 16.1. The Kier molecular flexibility index (Phi) is 3.70. The van der Waals surface area contributed by atoms with Gasteiger partial charge in [-0.25, -0.2) is 0 Å². The van der Waals surface area contributed by atoms with Gasteiger partial charge in [-0.1, -0.05) is 13.8 Å². The van der Waals surface area contributed by atoms with E-state index in [9.17, 15) is 4.79 Å². The zero-order valence-electron chi connectivity index (χ0n) is 12.0. The first-order chi connectivity index (χ1) is 8.31. The van der Waals surface area contributed by atoms with Gasteiger partial charge in [0.05, 0.1) is 5.54 Å². The number of hydrogen-bond donors (Lipinski definition) is 2. The quantitative estimate of drug-likeness (QED) is 0.745. The van der Waals surface area contributed by atoms with Crippen molar-refractivity contribution >= 4 is 5.91 Å². The highest BCUT2D eigenvalue weighted by Crippen LogP contribution is 2.30. The van der Waals surface area contributed by atoms with E-state index in [2.05, 4.69) is 24.1 Å². The minimum Gasteiger partial charge on any atom is -0.368 e. The van der Waals surface area contributed by atoms with Crippen molar-refractivity contribution in [1.29, 1.82) is 0 Å². The summed E-state index contributed by atoms with van der Waals surface area (Å²) >= 11 is 0. The highest BCUT2D eigenvalue weighted by molar-refractivity contribution is 5.84.